The highest BCUT2D eigenvalue weighted by atomic mass is 32.2. The van der Waals surface area contributed by atoms with E-state index in [0.29, 0.717) is 18.1 Å². The van der Waals surface area contributed by atoms with Gasteiger partial charge in [-0.25, -0.2) is 0 Å². The van der Waals surface area contributed by atoms with E-state index in [0.717, 1.165) is 41.5 Å². The van der Waals surface area contributed by atoms with E-state index in [-0.39, 0.29) is 5.37 Å². The van der Waals surface area contributed by atoms with E-state index in [9.17, 15) is 10.1 Å². The molecule has 2 heterocycles. The molecule has 0 aliphatic carbocycles. The lowest BCUT2D eigenvalue weighted by Gasteiger charge is -2.16. The van der Waals surface area contributed by atoms with Gasteiger partial charge in [-0.05, 0) is 45.3 Å². The van der Waals surface area contributed by atoms with Gasteiger partial charge in [0.2, 0.25) is 0 Å². The molecule has 29 heavy (non-hydrogen) atoms. The maximum Gasteiger partial charge on any atom is 0.274 e. The van der Waals surface area contributed by atoms with E-state index in [1.165, 1.54) is 0 Å². The van der Waals surface area contributed by atoms with Crippen molar-refractivity contribution in [3.8, 4) is 0 Å². The van der Waals surface area contributed by atoms with Crippen LogP contribution in [-0.4, -0.2) is 41.6 Å². The maximum atomic E-state index is 10.9. The molecule has 0 saturated carbocycles. The molecule has 2 aromatic heterocycles. The Balaban J connectivity index is 1.68. The Morgan fingerprint density at radius 2 is 2.07 bits per heavy atom. The molecule has 0 bridgehead atoms. The number of nitrogens with one attached hydrogen (secondary N) is 2. The second kappa shape index (κ2) is 12.5. The van der Waals surface area contributed by atoms with Gasteiger partial charge in [-0.3, -0.25) is 10.1 Å². The van der Waals surface area contributed by atoms with Gasteiger partial charge in [0.05, 0.1) is 34.6 Å². The summed E-state index contributed by atoms with van der Waals surface area (Å²) in [4.78, 5) is 12.5. The molecule has 10 heteroatoms. The summed E-state index contributed by atoms with van der Waals surface area (Å²) in [6.45, 7) is 3.35. The predicted octanol–water partition coefficient (Wildman–Crippen LogP) is 3.70. The van der Waals surface area contributed by atoms with E-state index in [4.69, 9.17) is 8.83 Å². The Hall–Kier alpha value is -2.04. The number of hydrogen-bond acceptors (Lipinski definition) is 9. The molecule has 2 rings (SSSR count). The molecular weight excluding hydrogens is 412 g/mol. The fourth-order valence-corrected chi connectivity index (χ4v) is 3.96. The maximum absolute atomic E-state index is 10.9. The molecule has 0 fully saturated rings. The molecule has 0 aliphatic rings. The van der Waals surface area contributed by atoms with Crippen LogP contribution in [0.25, 0.3) is 0 Å². The molecule has 2 aromatic rings. The molecule has 0 amide bonds. The van der Waals surface area contributed by atoms with Gasteiger partial charge < -0.3 is 24.4 Å². The van der Waals surface area contributed by atoms with Gasteiger partial charge in [-0.1, -0.05) is 0 Å². The van der Waals surface area contributed by atoms with Crippen molar-refractivity contribution in [2.45, 2.75) is 30.3 Å². The first kappa shape index (κ1) is 23.2. The van der Waals surface area contributed by atoms with Crippen LogP contribution in [-0.2, 0) is 18.1 Å². The minimum Gasteiger partial charge on any atom is -0.468 e. The number of thioether (sulfide) groups is 2. The van der Waals surface area contributed by atoms with Crippen LogP contribution < -0.4 is 10.6 Å². The second-order valence-corrected chi connectivity index (χ2v) is 9.02. The lowest BCUT2D eigenvalue weighted by atomic mass is 10.4. The van der Waals surface area contributed by atoms with Crippen LogP contribution in [0.2, 0.25) is 0 Å². The van der Waals surface area contributed by atoms with Crippen LogP contribution in [0.5, 0.6) is 0 Å². The topological polar surface area (TPSA) is 96.7 Å². The Labute approximate surface area is 179 Å². The molecule has 8 nitrogen and oxygen atoms in total. The number of nitrogens with zero attached hydrogens (tertiary/aromatic N) is 2. The lowest BCUT2D eigenvalue weighted by Crippen LogP contribution is -2.33. The fourth-order valence-electron chi connectivity index (χ4n) is 2.43. The number of furan rings is 2. The normalized spacial score (nSPS) is 12.9. The third kappa shape index (κ3) is 9.82. The third-order valence-corrected chi connectivity index (χ3v) is 5.69. The Bertz CT molecular complexity index is 762. The summed E-state index contributed by atoms with van der Waals surface area (Å²) >= 11 is 3.32. The van der Waals surface area contributed by atoms with Crippen molar-refractivity contribution in [3.63, 3.8) is 0 Å². The van der Waals surface area contributed by atoms with Crippen molar-refractivity contribution in [1.82, 2.24) is 15.5 Å². The van der Waals surface area contributed by atoms with Crippen LogP contribution in [0, 0.1) is 10.1 Å². The van der Waals surface area contributed by atoms with E-state index in [1.54, 1.807) is 29.8 Å². The molecule has 160 valence electrons. The van der Waals surface area contributed by atoms with Crippen molar-refractivity contribution >= 4 is 23.5 Å². The van der Waals surface area contributed by atoms with Crippen LogP contribution >= 0.6 is 23.5 Å². The summed E-state index contributed by atoms with van der Waals surface area (Å²) in [5, 5.41) is 17.1. The summed E-state index contributed by atoms with van der Waals surface area (Å²) in [7, 11) is 4.01. The monoisotopic (exact) mass is 440 g/mol. The molecule has 2 N–H and O–H groups in total. The number of hydrogen-bond donors (Lipinski definition) is 2. The quantitative estimate of drug-likeness (QED) is 0.197. The average molecular weight is 441 g/mol. The minimum absolute atomic E-state index is 0.00955. The van der Waals surface area contributed by atoms with Crippen molar-refractivity contribution in [2.75, 3.05) is 26.4 Å². The van der Waals surface area contributed by atoms with Gasteiger partial charge in [0.15, 0.2) is 5.82 Å². The minimum atomic E-state index is -0.457. The van der Waals surface area contributed by atoms with Crippen LogP contribution in [0.1, 0.15) is 24.2 Å². The highest BCUT2D eigenvalue weighted by Crippen LogP contribution is 2.17. The molecule has 0 aliphatic heterocycles. The molecule has 0 aromatic carbocycles. The van der Waals surface area contributed by atoms with Gasteiger partial charge in [0, 0.05) is 12.3 Å². The van der Waals surface area contributed by atoms with Crippen LogP contribution in [0.3, 0.4) is 0 Å². The Morgan fingerprint density at radius 3 is 2.76 bits per heavy atom. The number of rotatable bonds is 14. The molecular formula is C19H28N4O4S2. The highest BCUT2D eigenvalue weighted by Gasteiger charge is 2.09. The second-order valence-electron chi connectivity index (χ2n) is 6.59. The van der Waals surface area contributed by atoms with Crippen molar-refractivity contribution < 1.29 is 13.8 Å². The fraction of sp³-hybridized carbons (Fsp3) is 0.474. The predicted molar refractivity (Wildman–Crippen MR) is 118 cm³/mol. The number of nitro groups is 1. The van der Waals surface area contributed by atoms with Gasteiger partial charge >= 0.3 is 0 Å². The van der Waals surface area contributed by atoms with Crippen LogP contribution in [0.4, 0.5) is 0 Å². The largest absolute Gasteiger partial charge is 0.468 e. The summed E-state index contributed by atoms with van der Waals surface area (Å²) in [6.07, 6.45) is 2.60. The molecule has 1 unspecified atom stereocenters. The van der Waals surface area contributed by atoms with Gasteiger partial charge in [-0.2, -0.15) is 11.8 Å². The zero-order valence-corrected chi connectivity index (χ0v) is 18.6. The summed E-state index contributed by atoms with van der Waals surface area (Å²) in [5.74, 6) is 5.43. The molecule has 0 saturated heterocycles. The summed E-state index contributed by atoms with van der Waals surface area (Å²) in [5.41, 5.74) is 0. The van der Waals surface area contributed by atoms with E-state index < -0.39 is 4.92 Å². The van der Waals surface area contributed by atoms with Crippen LogP contribution in [0.15, 0.2) is 51.4 Å². The van der Waals surface area contributed by atoms with Gasteiger partial charge in [0.25, 0.3) is 6.20 Å². The highest BCUT2D eigenvalue weighted by molar-refractivity contribution is 7.99. The SMILES string of the molecule is CC(NC(=C[N+](=O)[O-])NCCSCc1ccc(CN(C)C)o1)SCc1ccco1. The van der Waals surface area contributed by atoms with Crippen molar-refractivity contribution in [3.05, 3.63) is 69.9 Å². The third-order valence-electron chi connectivity index (χ3n) is 3.64. The van der Waals surface area contributed by atoms with E-state index in [2.05, 4.69) is 15.5 Å². The first-order chi connectivity index (χ1) is 13.9. The van der Waals surface area contributed by atoms with E-state index >= 15 is 0 Å². The van der Waals surface area contributed by atoms with Gasteiger partial charge in [0.1, 0.15) is 17.3 Å². The van der Waals surface area contributed by atoms with Crippen molar-refractivity contribution in [1.29, 1.82) is 0 Å². The zero-order valence-electron chi connectivity index (χ0n) is 16.9. The lowest BCUT2D eigenvalue weighted by molar-refractivity contribution is -0.404. The van der Waals surface area contributed by atoms with Gasteiger partial charge in [-0.15, -0.1) is 11.8 Å². The Morgan fingerprint density at radius 1 is 1.28 bits per heavy atom. The first-order valence-electron chi connectivity index (χ1n) is 9.22. The average Bonchev–Trinajstić information content (AvgIpc) is 3.30. The zero-order chi connectivity index (χ0) is 21.1. The van der Waals surface area contributed by atoms with E-state index in [1.807, 2.05) is 45.3 Å². The Kier molecular flexibility index (Phi) is 10.0. The molecule has 1 atom stereocenters. The molecule has 0 spiro atoms. The van der Waals surface area contributed by atoms with Crippen molar-refractivity contribution in [2.24, 2.45) is 0 Å². The standard InChI is InChI=1S/C19H28N4O4S2/c1-15(29-14-17-5-4-9-26-17)21-19(12-23(24)25)20-8-10-28-13-18-7-6-16(27-18)11-22(2)3/h4-7,9,12,15,20-21H,8,10-11,13-14H2,1-3H3. The molecule has 0 radical (unpaired) electrons. The summed E-state index contributed by atoms with van der Waals surface area (Å²) < 4.78 is 11.1. The first-order valence-corrected chi connectivity index (χ1v) is 11.4. The summed E-state index contributed by atoms with van der Waals surface area (Å²) in [6, 6.07) is 7.75. The smallest absolute Gasteiger partial charge is 0.274 e.